The summed E-state index contributed by atoms with van der Waals surface area (Å²) in [5, 5.41) is 0. The van der Waals surface area contributed by atoms with Crippen molar-refractivity contribution in [3.05, 3.63) is 24.0 Å². The van der Waals surface area contributed by atoms with Crippen molar-refractivity contribution in [3.8, 4) is 5.75 Å². The van der Waals surface area contributed by atoms with Gasteiger partial charge in [0.2, 0.25) is 0 Å². The summed E-state index contributed by atoms with van der Waals surface area (Å²) in [6.07, 6.45) is 1.26. The summed E-state index contributed by atoms with van der Waals surface area (Å²) in [4.78, 5) is 4.50. The molecular formula is C14H19ClN2O3S. The minimum Gasteiger partial charge on any atom is -0.489 e. The molecule has 0 fully saturated rings. The van der Waals surface area contributed by atoms with Crippen LogP contribution in [0.2, 0.25) is 0 Å². The van der Waals surface area contributed by atoms with Gasteiger partial charge in [0.1, 0.15) is 26.9 Å². The fourth-order valence-corrected chi connectivity index (χ4v) is 2.85. The maximum atomic E-state index is 11.4. The number of hydrogen-bond acceptors (Lipinski definition) is 4. The van der Waals surface area contributed by atoms with Gasteiger partial charge in [0.25, 0.3) is 0 Å². The molecule has 21 heavy (non-hydrogen) atoms. The van der Waals surface area contributed by atoms with Crippen LogP contribution in [0.5, 0.6) is 5.75 Å². The fraction of sp³-hybridized carbons (Fsp3) is 0.500. The summed E-state index contributed by atoms with van der Waals surface area (Å²) >= 11 is 5.94. The molecule has 1 aromatic heterocycles. The van der Waals surface area contributed by atoms with Crippen LogP contribution in [0.4, 0.5) is 0 Å². The van der Waals surface area contributed by atoms with Crippen molar-refractivity contribution in [1.82, 2.24) is 9.55 Å². The van der Waals surface area contributed by atoms with Gasteiger partial charge in [-0.25, -0.2) is 13.4 Å². The SMILES string of the molecule is CC(C)Oc1cccc2c1nc(CCl)n2CCS(C)(=O)=O. The number of ether oxygens (including phenoxy) is 1. The summed E-state index contributed by atoms with van der Waals surface area (Å²) in [5.74, 6) is 1.61. The highest BCUT2D eigenvalue weighted by Crippen LogP contribution is 2.27. The summed E-state index contributed by atoms with van der Waals surface area (Å²) < 4.78 is 30.4. The first-order chi connectivity index (χ1) is 9.81. The number of alkyl halides is 1. The van der Waals surface area contributed by atoms with Crippen molar-refractivity contribution in [2.45, 2.75) is 32.4 Å². The summed E-state index contributed by atoms with van der Waals surface area (Å²) in [5.41, 5.74) is 1.56. The van der Waals surface area contributed by atoms with Crippen molar-refractivity contribution in [2.75, 3.05) is 12.0 Å². The lowest BCUT2D eigenvalue weighted by atomic mass is 10.3. The lowest BCUT2D eigenvalue weighted by molar-refractivity contribution is 0.245. The Bertz CT molecular complexity index is 738. The van der Waals surface area contributed by atoms with Crippen LogP contribution in [0.25, 0.3) is 11.0 Å². The molecule has 0 amide bonds. The molecule has 5 nitrogen and oxygen atoms in total. The molecule has 0 aliphatic carbocycles. The number of benzene rings is 1. The van der Waals surface area contributed by atoms with Crippen molar-refractivity contribution in [2.24, 2.45) is 0 Å². The smallest absolute Gasteiger partial charge is 0.149 e. The lowest BCUT2D eigenvalue weighted by Crippen LogP contribution is -2.13. The van der Waals surface area contributed by atoms with E-state index in [2.05, 4.69) is 4.98 Å². The van der Waals surface area contributed by atoms with E-state index in [1.807, 2.05) is 36.6 Å². The molecule has 0 saturated carbocycles. The molecule has 0 aliphatic rings. The van der Waals surface area contributed by atoms with Crippen molar-refractivity contribution >= 4 is 32.5 Å². The second kappa shape index (κ2) is 6.23. The first kappa shape index (κ1) is 16.1. The van der Waals surface area contributed by atoms with E-state index in [4.69, 9.17) is 16.3 Å². The molecule has 1 aromatic carbocycles. The molecule has 2 aromatic rings. The average molecular weight is 331 g/mol. The number of hydrogen-bond donors (Lipinski definition) is 0. The number of sulfone groups is 1. The zero-order valence-electron chi connectivity index (χ0n) is 12.3. The van der Waals surface area contributed by atoms with Crippen LogP contribution >= 0.6 is 11.6 Å². The Labute approximate surface area is 129 Å². The predicted molar refractivity (Wildman–Crippen MR) is 84.8 cm³/mol. The van der Waals surface area contributed by atoms with Gasteiger partial charge in [-0.3, -0.25) is 0 Å². The molecule has 0 N–H and O–H groups in total. The van der Waals surface area contributed by atoms with E-state index < -0.39 is 9.84 Å². The molecule has 1 heterocycles. The van der Waals surface area contributed by atoms with Crippen LogP contribution in [0.3, 0.4) is 0 Å². The number of fused-ring (bicyclic) bond motifs is 1. The third-order valence-corrected chi connectivity index (χ3v) is 4.15. The summed E-state index contributed by atoms with van der Waals surface area (Å²) in [6.45, 7) is 4.23. The van der Waals surface area contributed by atoms with Crippen LogP contribution in [0.15, 0.2) is 18.2 Å². The molecule has 0 aliphatic heterocycles. The Kier molecular flexibility index (Phi) is 4.78. The molecule has 7 heteroatoms. The van der Waals surface area contributed by atoms with E-state index >= 15 is 0 Å². The molecule has 2 rings (SSSR count). The third-order valence-electron chi connectivity index (χ3n) is 2.99. The van der Waals surface area contributed by atoms with E-state index in [0.29, 0.717) is 18.1 Å². The molecule has 0 bridgehead atoms. The van der Waals surface area contributed by atoms with Gasteiger partial charge >= 0.3 is 0 Å². The second-order valence-electron chi connectivity index (χ2n) is 5.23. The Morgan fingerprint density at radius 3 is 2.67 bits per heavy atom. The Hall–Kier alpha value is -1.27. The number of halogens is 1. The van der Waals surface area contributed by atoms with Crippen molar-refractivity contribution < 1.29 is 13.2 Å². The topological polar surface area (TPSA) is 61.2 Å². The minimum atomic E-state index is -3.05. The van der Waals surface area contributed by atoms with Crippen LogP contribution in [0.1, 0.15) is 19.7 Å². The standard InChI is InChI=1S/C14H19ClN2O3S/c1-10(2)20-12-6-4-5-11-14(12)16-13(9-15)17(11)7-8-21(3,18)19/h4-6,10H,7-9H2,1-3H3. The van der Waals surface area contributed by atoms with Crippen molar-refractivity contribution in [1.29, 1.82) is 0 Å². The first-order valence-corrected chi connectivity index (χ1v) is 9.30. The quantitative estimate of drug-likeness (QED) is 0.764. The highest BCUT2D eigenvalue weighted by molar-refractivity contribution is 7.90. The van der Waals surface area contributed by atoms with Gasteiger partial charge in [0.15, 0.2) is 0 Å². The maximum Gasteiger partial charge on any atom is 0.149 e. The molecule has 0 atom stereocenters. The summed E-state index contributed by atoms with van der Waals surface area (Å²) in [7, 11) is -3.05. The molecule has 0 saturated heterocycles. The van der Waals surface area contributed by atoms with Gasteiger partial charge in [-0.1, -0.05) is 6.07 Å². The number of aryl methyl sites for hydroxylation is 1. The molecule has 0 spiro atoms. The van der Waals surface area contributed by atoms with Crippen LogP contribution in [-0.2, 0) is 22.3 Å². The van der Waals surface area contributed by atoms with Gasteiger partial charge in [-0.05, 0) is 26.0 Å². The van der Waals surface area contributed by atoms with E-state index in [-0.39, 0.29) is 17.7 Å². The van der Waals surface area contributed by atoms with E-state index in [0.717, 1.165) is 11.0 Å². The van der Waals surface area contributed by atoms with Gasteiger partial charge in [-0.15, -0.1) is 11.6 Å². The van der Waals surface area contributed by atoms with Gasteiger partial charge in [-0.2, -0.15) is 0 Å². The third kappa shape index (κ3) is 3.89. The van der Waals surface area contributed by atoms with Gasteiger partial charge in [0, 0.05) is 12.8 Å². The highest BCUT2D eigenvalue weighted by Gasteiger charge is 2.15. The number of rotatable bonds is 6. The molecular weight excluding hydrogens is 312 g/mol. The number of nitrogens with zero attached hydrogens (tertiary/aromatic N) is 2. The Morgan fingerprint density at radius 2 is 2.10 bits per heavy atom. The Balaban J connectivity index is 2.49. The highest BCUT2D eigenvalue weighted by atomic mass is 35.5. The van der Waals surface area contributed by atoms with Crippen LogP contribution < -0.4 is 4.74 Å². The summed E-state index contributed by atoms with van der Waals surface area (Å²) in [6, 6.07) is 5.62. The largest absolute Gasteiger partial charge is 0.489 e. The minimum absolute atomic E-state index is 0.0382. The second-order valence-corrected chi connectivity index (χ2v) is 7.76. The van der Waals surface area contributed by atoms with Crippen molar-refractivity contribution in [3.63, 3.8) is 0 Å². The van der Waals surface area contributed by atoms with E-state index in [9.17, 15) is 8.42 Å². The zero-order chi connectivity index (χ0) is 15.6. The van der Waals surface area contributed by atoms with Gasteiger partial charge in [0.05, 0.1) is 23.3 Å². The lowest BCUT2D eigenvalue weighted by Gasteiger charge is -2.10. The first-order valence-electron chi connectivity index (χ1n) is 6.70. The van der Waals surface area contributed by atoms with E-state index in [1.165, 1.54) is 6.26 Å². The molecule has 0 radical (unpaired) electrons. The number of imidazole rings is 1. The average Bonchev–Trinajstić information content (AvgIpc) is 2.74. The van der Waals surface area contributed by atoms with Gasteiger partial charge < -0.3 is 9.30 Å². The normalized spacial score (nSPS) is 12.2. The molecule has 116 valence electrons. The maximum absolute atomic E-state index is 11.4. The molecule has 0 unspecified atom stereocenters. The zero-order valence-corrected chi connectivity index (χ0v) is 13.9. The number of para-hydroxylation sites is 1. The monoisotopic (exact) mass is 330 g/mol. The van der Waals surface area contributed by atoms with Crippen LogP contribution in [0, 0.1) is 0 Å². The fourth-order valence-electron chi connectivity index (χ4n) is 2.13. The van der Waals surface area contributed by atoms with Crippen LogP contribution in [-0.4, -0.2) is 36.1 Å². The Morgan fingerprint density at radius 1 is 1.38 bits per heavy atom. The number of aromatic nitrogens is 2. The van der Waals surface area contributed by atoms with E-state index in [1.54, 1.807) is 0 Å². The predicted octanol–water partition coefficient (Wildman–Crippen LogP) is 2.61.